The molecular weight excluding hydrogens is 390 g/mol. The van der Waals surface area contributed by atoms with Gasteiger partial charge in [-0.25, -0.2) is 0 Å². The molecule has 9 heteroatoms. The van der Waals surface area contributed by atoms with E-state index in [4.69, 9.17) is 14.9 Å². The summed E-state index contributed by atoms with van der Waals surface area (Å²) in [5, 5.41) is 9.14. The minimum atomic E-state index is -5.05. The van der Waals surface area contributed by atoms with Gasteiger partial charge in [-0.3, -0.25) is 9.13 Å². The Morgan fingerprint density at radius 3 is 1.33 bits per heavy atom. The number of hydrogen-bond donors (Lipinski definition) is 4. The predicted octanol–water partition coefficient (Wildman–Crippen LogP) is 5.51. The first-order valence-corrected chi connectivity index (χ1v) is 13.7. The van der Waals surface area contributed by atoms with E-state index in [0.717, 1.165) is 19.3 Å². The fraction of sp³-hybridized carbons (Fsp3) is 1.00. The molecule has 4 N–H and O–H groups in total. The van der Waals surface area contributed by atoms with Gasteiger partial charge >= 0.3 is 15.2 Å². The molecule has 164 valence electrons. The van der Waals surface area contributed by atoms with Crippen molar-refractivity contribution in [3.8, 4) is 0 Å². The Hall–Kier alpha value is 0.260. The Morgan fingerprint density at radius 1 is 0.667 bits per heavy atom. The van der Waals surface area contributed by atoms with E-state index < -0.39 is 20.8 Å². The van der Waals surface area contributed by atoms with Crippen LogP contribution >= 0.6 is 15.2 Å². The Balaban J connectivity index is 3.39. The third kappa shape index (κ3) is 15.8. The average Bonchev–Trinajstić information content (AvgIpc) is 2.60. The third-order valence-electron chi connectivity index (χ3n) is 4.62. The van der Waals surface area contributed by atoms with Crippen LogP contribution in [0.2, 0.25) is 0 Å². The summed E-state index contributed by atoms with van der Waals surface area (Å²) in [6, 6.07) is 0. The summed E-state index contributed by atoms with van der Waals surface area (Å²) >= 11 is 0. The number of aliphatic hydroxyl groups excluding tert-OH is 1. The molecule has 0 aromatic rings. The molecular formula is C18H40O7P2. The van der Waals surface area contributed by atoms with Gasteiger partial charge in [-0.15, -0.1) is 0 Å². The smallest absolute Gasteiger partial charge is 0.368 e. The second-order valence-corrected chi connectivity index (χ2v) is 11.2. The molecule has 0 amide bonds. The highest BCUT2D eigenvalue weighted by molar-refractivity contribution is 7.70. The lowest BCUT2D eigenvalue weighted by Gasteiger charge is -2.18. The van der Waals surface area contributed by atoms with E-state index in [1.165, 1.54) is 70.6 Å². The van der Waals surface area contributed by atoms with Crippen molar-refractivity contribution >= 4 is 15.2 Å². The van der Waals surface area contributed by atoms with Gasteiger partial charge in [0.05, 0.1) is 6.61 Å². The maximum absolute atomic E-state index is 11.5. The SMILES string of the molecule is CCCCCCCCCCCCCCCCCOP(=O)(O)C(O)P(=O)(O)O. The largest absolute Gasteiger partial charge is 0.370 e. The number of rotatable bonds is 19. The van der Waals surface area contributed by atoms with Crippen molar-refractivity contribution in [2.45, 2.75) is 109 Å². The Labute approximate surface area is 164 Å². The molecule has 2 atom stereocenters. The van der Waals surface area contributed by atoms with Gasteiger partial charge in [0.25, 0.3) is 5.59 Å². The molecule has 0 aromatic carbocycles. The molecule has 0 radical (unpaired) electrons. The summed E-state index contributed by atoms with van der Waals surface area (Å²) in [5.74, 6) is 0. The van der Waals surface area contributed by atoms with Crippen LogP contribution in [-0.2, 0) is 13.7 Å². The average molecular weight is 430 g/mol. The zero-order chi connectivity index (χ0) is 20.6. The van der Waals surface area contributed by atoms with E-state index in [2.05, 4.69) is 11.4 Å². The number of hydrogen-bond acceptors (Lipinski definition) is 4. The molecule has 0 rings (SSSR count). The van der Waals surface area contributed by atoms with Crippen LogP contribution in [0, 0.1) is 0 Å². The second-order valence-electron chi connectivity index (χ2n) is 7.28. The summed E-state index contributed by atoms with van der Waals surface area (Å²) in [5.41, 5.74) is -2.67. The molecule has 0 heterocycles. The summed E-state index contributed by atoms with van der Waals surface area (Å²) in [7, 11) is -9.75. The van der Waals surface area contributed by atoms with Crippen LogP contribution in [0.3, 0.4) is 0 Å². The maximum atomic E-state index is 11.5. The zero-order valence-corrected chi connectivity index (χ0v) is 18.6. The molecule has 0 saturated carbocycles. The van der Waals surface area contributed by atoms with Crippen molar-refractivity contribution in [1.29, 1.82) is 0 Å². The highest BCUT2D eigenvalue weighted by Crippen LogP contribution is 2.61. The first kappa shape index (κ1) is 27.3. The summed E-state index contributed by atoms with van der Waals surface area (Å²) in [4.78, 5) is 26.7. The maximum Gasteiger partial charge on any atom is 0.368 e. The van der Waals surface area contributed by atoms with Crippen molar-refractivity contribution in [2.75, 3.05) is 6.61 Å². The van der Waals surface area contributed by atoms with Crippen LogP contribution < -0.4 is 0 Å². The molecule has 27 heavy (non-hydrogen) atoms. The van der Waals surface area contributed by atoms with Crippen LogP contribution in [0.1, 0.15) is 103 Å². The molecule has 2 unspecified atom stereocenters. The van der Waals surface area contributed by atoms with Crippen LogP contribution in [0.4, 0.5) is 0 Å². The molecule has 0 saturated heterocycles. The standard InChI is InChI=1S/C18H40O7P2/c1-2-3-4-5-6-7-8-9-10-11-12-13-14-15-16-17-25-27(23,24)18(19)26(20,21)22/h18-19H,2-17H2,1H3,(H,23,24)(H2,20,21,22). The quantitative estimate of drug-likeness (QED) is 0.157. The Morgan fingerprint density at radius 2 is 1.00 bits per heavy atom. The second kappa shape index (κ2) is 16.1. The fourth-order valence-corrected chi connectivity index (χ4v) is 5.17. The number of unbranched alkanes of at least 4 members (excludes halogenated alkanes) is 14. The molecule has 0 bridgehead atoms. The van der Waals surface area contributed by atoms with Crippen LogP contribution in [-0.4, -0.2) is 32.0 Å². The minimum Gasteiger partial charge on any atom is -0.370 e. The van der Waals surface area contributed by atoms with E-state index in [0.29, 0.717) is 6.42 Å². The van der Waals surface area contributed by atoms with Crippen molar-refractivity contribution in [3.63, 3.8) is 0 Å². The summed E-state index contributed by atoms with van der Waals surface area (Å²) in [6.07, 6.45) is 18.0. The van der Waals surface area contributed by atoms with Gasteiger partial charge in [-0.05, 0) is 6.42 Å². The number of aliphatic hydroxyl groups is 1. The van der Waals surface area contributed by atoms with Crippen LogP contribution in [0.15, 0.2) is 0 Å². The van der Waals surface area contributed by atoms with Gasteiger partial charge in [0.1, 0.15) is 0 Å². The minimum absolute atomic E-state index is 0.0942. The highest BCUT2D eigenvalue weighted by Gasteiger charge is 2.44. The molecule has 0 aromatic heterocycles. The Bertz CT molecular complexity index is 439. The normalized spacial score (nSPS) is 15.6. The van der Waals surface area contributed by atoms with Gasteiger partial charge in [-0.2, -0.15) is 0 Å². The van der Waals surface area contributed by atoms with Gasteiger partial charge in [-0.1, -0.05) is 96.8 Å². The lowest BCUT2D eigenvalue weighted by molar-refractivity contribution is 0.186. The van der Waals surface area contributed by atoms with E-state index in [1.54, 1.807) is 0 Å². The third-order valence-corrected chi connectivity index (χ3v) is 8.13. The molecule has 0 aliphatic carbocycles. The lowest BCUT2D eigenvalue weighted by Crippen LogP contribution is -2.10. The predicted molar refractivity (Wildman–Crippen MR) is 109 cm³/mol. The lowest BCUT2D eigenvalue weighted by atomic mass is 10.0. The van der Waals surface area contributed by atoms with E-state index >= 15 is 0 Å². The van der Waals surface area contributed by atoms with E-state index in [1.807, 2.05) is 0 Å². The molecule has 7 nitrogen and oxygen atoms in total. The molecule has 0 aliphatic heterocycles. The summed E-state index contributed by atoms with van der Waals surface area (Å²) in [6.45, 7) is 2.14. The molecule has 0 aliphatic rings. The molecule has 0 fully saturated rings. The van der Waals surface area contributed by atoms with E-state index in [-0.39, 0.29) is 6.61 Å². The monoisotopic (exact) mass is 430 g/mol. The summed E-state index contributed by atoms with van der Waals surface area (Å²) < 4.78 is 26.9. The van der Waals surface area contributed by atoms with Gasteiger partial charge < -0.3 is 24.3 Å². The van der Waals surface area contributed by atoms with Crippen molar-refractivity contribution in [1.82, 2.24) is 0 Å². The first-order valence-electron chi connectivity index (χ1n) is 10.4. The van der Waals surface area contributed by atoms with Crippen LogP contribution in [0.5, 0.6) is 0 Å². The van der Waals surface area contributed by atoms with Crippen molar-refractivity contribution in [2.24, 2.45) is 0 Å². The van der Waals surface area contributed by atoms with Gasteiger partial charge in [0.2, 0.25) is 0 Å². The first-order chi connectivity index (χ1) is 12.7. The van der Waals surface area contributed by atoms with Crippen molar-refractivity contribution in [3.05, 3.63) is 0 Å². The van der Waals surface area contributed by atoms with Gasteiger partial charge in [0.15, 0.2) is 0 Å². The van der Waals surface area contributed by atoms with Crippen molar-refractivity contribution < 1.29 is 33.4 Å². The highest BCUT2D eigenvalue weighted by atomic mass is 31.2. The van der Waals surface area contributed by atoms with E-state index in [9.17, 15) is 14.0 Å². The fourth-order valence-electron chi connectivity index (χ4n) is 2.93. The Kier molecular flexibility index (Phi) is 16.3. The van der Waals surface area contributed by atoms with Gasteiger partial charge in [0, 0.05) is 0 Å². The topological polar surface area (TPSA) is 124 Å². The molecule has 0 spiro atoms. The zero-order valence-electron chi connectivity index (χ0n) is 16.8. The van der Waals surface area contributed by atoms with Crippen LogP contribution in [0.25, 0.3) is 0 Å².